The molecule has 0 amide bonds. The molecule has 5 aromatic rings. The molecule has 38 heavy (non-hydrogen) atoms. The lowest BCUT2D eigenvalue weighted by atomic mass is 9.99. The summed E-state index contributed by atoms with van der Waals surface area (Å²) in [5, 5.41) is 17.1. The number of aromatic nitrogens is 5. The zero-order chi connectivity index (χ0) is 26.1. The van der Waals surface area contributed by atoms with E-state index >= 15 is 0 Å². The Morgan fingerprint density at radius 1 is 0.947 bits per heavy atom. The van der Waals surface area contributed by atoms with Gasteiger partial charge in [-0.25, -0.2) is 0 Å². The number of aryl methyl sites for hydroxylation is 1. The molecule has 6 rings (SSSR count). The predicted octanol–water partition coefficient (Wildman–Crippen LogP) is 6.03. The van der Waals surface area contributed by atoms with E-state index in [1.54, 1.807) is 4.80 Å². The molecule has 0 radical (unpaired) electrons. The second-order valence-electron chi connectivity index (χ2n) is 9.64. The molecule has 1 aliphatic carbocycles. The number of carbonyl (C=O) groups is 1. The van der Waals surface area contributed by atoms with Crippen LogP contribution < -0.4 is 0 Å². The maximum Gasteiger partial charge on any atom is 0.309 e. The van der Waals surface area contributed by atoms with Crippen LogP contribution in [0.3, 0.4) is 0 Å². The first-order valence-electron chi connectivity index (χ1n) is 12.7. The number of hydrogen-bond donors (Lipinski definition) is 0. The molecule has 2 heterocycles. The highest BCUT2D eigenvalue weighted by atomic mass is 16.5. The number of benzene rings is 3. The fourth-order valence-corrected chi connectivity index (χ4v) is 4.37. The number of ether oxygens (including phenoxy) is 1. The monoisotopic (exact) mass is 505 g/mol. The van der Waals surface area contributed by atoms with Crippen molar-refractivity contribution in [3.63, 3.8) is 0 Å². The van der Waals surface area contributed by atoms with Gasteiger partial charge in [0.1, 0.15) is 6.10 Å². The Kier molecular flexibility index (Phi) is 6.29. The lowest BCUT2D eigenvalue weighted by Crippen LogP contribution is -2.10. The highest BCUT2D eigenvalue weighted by Crippen LogP contribution is 2.33. The molecule has 1 atom stereocenters. The van der Waals surface area contributed by atoms with Crippen LogP contribution in [-0.4, -0.2) is 31.3 Å². The van der Waals surface area contributed by atoms with Crippen LogP contribution in [0.4, 0.5) is 0 Å². The maximum absolute atomic E-state index is 12.0. The average molecular weight is 506 g/mol. The molecule has 2 aromatic heterocycles. The molecule has 1 aliphatic rings. The second-order valence-corrected chi connectivity index (χ2v) is 9.64. The third-order valence-corrected chi connectivity index (χ3v) is 6.83. The summed E-state index contributed by atoms with van der Waals surface area (Å²) in [6, 6.07) is 26.1. The van der Waals surface area contributed by atoms with Gasteiger partial charge < -0.3 is 9.26 Å². The Hall–Kier alpha value is -4.59. The summed E-state index contributed by atoms with van der Waals surface area (Å²) >= 11 is 0. The van der Waals surface area contributed by atoms with Gasteiger partial charge in [0.05, 0.1) is 18.2 Å². The zero-order valence-corrected chi connectivity index (χ0v) is 21.2. The van der Waals surface area contributed by atoms with Crippen LogP contribution in [0.25, 0.3) is 33.8 Å². The molecule has 0 aliphatic heterocycles. The third-order valence-electron chi connectivity index (χ3n) is 6.83. The molecule has 1 saturated carbocycles. The van der Waals surface area contributed by atoms with Gasteiger partial charge in [0.2, 0.25) is 5.82 Å². The van der Waals surface area contributed by atoms with Crippen LogP contribution >= 0.6 is 0 Å². The summed E-state index contributed by atoms with van der Waals surface area (Å²) in [5.41, 5.74) is 6.67. The first kappa shape index (κ1) is 23.8. The minimum absolute atomic E-state index is 0.0876. The van der Waals surface area contributed by atoms with Crippen molar-refractivity contribution >= 4 is 5.97 Å². The topological polar surface area (TPSA) is 95.9 Å². The molecule has 0 N–H and O–H groups in total. The van der Waals surface area contributed by atoms with Crippen LogP contribution in [0.1, 0.15) is 42.7 Å². The van der Waals surface area contributed by atoms with Crippen molar-refractivity contribution in [1.82, 2.24) is 25.4 Å². The van der Waals surface area contributed by atoms with Gasteiger partial charge in [0.25, 0.3) is 0 Å². The number of carbonyl (C=O) groups excluding carboxylic acids is 1. The molecular weight excluding hydrogens is 478 g/mol. The fourth-order valence-electron chi connectivity index (χ4n) is 4.37. The van der Waals surface area contributed by atoms with Crippen molar-refractivity contribution in [3.05, 3.63) is 95.7 Å². The number of rotatable bonds is 8. The number of nitrogens with zero attached hydrogens (tertiary/aromatic N) is 5. The van der Waals surface area contributed by atoms with E-state index in [9.17, 15) is 4.79 Å². The summed E-state index contributed by atoms with van der Waals surface area (Å²) in [7, 11) is 0. The molecule has 0 saturated heterocycles. The standard InChI is InChI=1S/C30H27N5O3/c1-19-27(18-35-32-29(31-34-35)25-6-4-3-5-7-25)28(38-33-19)24-14-12-23(13-15-24)22-10-8-21(9-11-22)20(2)37-30(36)26-16-17-26/h3-15,20,26H,16-18H2,1-2H3. The van der Waals surface area contributed by atoms with Gasteiger partial charge in [-0.3, -0.25) is 4.79 Å². The minimum atomic E-state index is -0.254. The predicted molar refractivity (Wildman–Crippen MR) is 142 cm³/mol. The maximum atomic E-state index is 12.0. The van der Waals surface area contributed by atoms with Gasteiger partial charge in [0, 0.05) is 16.7 Å². The molecule has 8 nitrogen and oxygen atoms in total. The highest BCUT2D eigenvalue weighted by molar-refractivity contribution is 5.75. The summed E-state index contributed by atoms with van der Waals surface area (Å²) in [6.45, 7) is 4.23. The highest BCUT2D eigenvalue weighted by Gasteiger charge is 2.32. The Bertz CT molecular complexity index is 1550. The molecule has 0 spiro atoms. The number of tetrazole rings is 1. The van der Waals surface area contributed by atoms with Crippen LogP contribution in [0.5, 0.6) is 0 Å². The Morgan fingerprint density at radius 2 is 1.61 bits per heavy atom. The molecule has 3 aromatic carbocycles. The van der Waals surface area contributed by atoms with Crippen LogP contribution in [0.2, 0.25) is 0 Å². The molecule has 0 bridgehead atoms. The first-order valence-corrected chi connectivity index (χ1v) is 12.7. The Balaban J connectivity index is 1.17. The summed E-state index contributed by atoms with van der Waals surface area (Å²) in [5.74, 6) is 1.28. The molecule has 1 unspecified atom stereocenters. The normalized spacial score (nSPS) is 13.8. The van der Waals surface area contributed by atoms with Gasteiger partial charge >= 0.3 is 5.97 Å². The number of esters is 1. The lowest BCUT2D eigenvalue weighted by Gasteiger charge is -2.14. The van der Waals surface area contributed by atoms with E-state index in [-0.39, 0.29) is 18.0 Å². The smallest absolute Gasteiger partial charge is 0.309 e. The van der Waals surface area contributed by atoms with Gasteiger partial charge in [0.15, 0.2) is 5.76 Å². The molecule has 8 heteroatoms. The molecular formula is C30H27N5O3. The van der Waals surface area contributed by atoms with E-state index in [0.717, 1.165) is 51.9 Å². The third kappa shape index (κ3) is 4.98. The van der Waals surface area contributed by atoms with E-state index in [4.69, 9.17) is 9.26 Å². The van der Waals surface area contributed by atoms with E-state index in [1.807, 2.05) is 68.4 Å². The Morgan fingerprint density at radius 3 is 2.29 bits per heavy atom. The van der Waals surface area contributed by atoms with Gasteiger partial charge in [-0.05, 0) is 48.6 Å². The van der Waals surface area contributed by atoms with Gasteiger partial charge in [-0.1, -0.05) is 84.0 Å². The fraction of sp³-hybridized carbons (Fsp3) is 0.233. The van der Waals surface area contributed by atoms with Crippen molar-refractivity contribution in [2.45, 2.75) is 39.3 Å². The number of hydrogen-bond acceptors (Lipinski definition) is 7. The van der Waals surface area contributed by atoms with E-state index in [1.165, 1.54) is 0 Å². The quantitative estimate of drug-likeness (QED) is 0.237. The van der Waals surface area contributed by atoms with E-state index in [0.29, 0.717) is 18.1 Å². The van der Waals surface area contributed by atoms with Crippen molar-refractivity contribution in [1.29, 1.82) is 0 Å². The van der Waals surface area contributed by atoms with Gasteiger partial charge in [-0.15, -0.1) is 10.2 Å². The largest absolute Gasteiger partial charge is 0.458 e. The minimum Gasteiger partial charge on any atom is -0.458 e. The summed E-state index contributed by atoms with van der Waals surface area (Å²) < 4.78 is 11.3. The van der Waals surface area contributed by atoms with Crippen molar-refractivity contribution in [2.24, 2.45) is 5.92 Å². The van der Waals surface area contributed by atoms with E-state index < -0.39 is 0 Å². The lowest BCUT2D eigenvalue weighted by molar-refractivity contribution is -0.150. The van der Waals surface area contributed by atoms with E-state index in [2.05, 4.69) is 44.8 Å². The summed E-state index contributed by atoms with van der Waals surface area (Å²) in [4.78, 5) is 13.5. The Labute approximate surface area is 220 Å². The zero-order valence-electron chi connectivity index (χ0n) is 21.2. The van der Waals surface area contributed by atoms with Crippen LogP contribution in [-0.2, 0) is 16.1 Å². The van der Waals surface area contributed by atoms with Crippen LogP contribution in [0.15, 0.2) is 83.4 Å². The van der Waals surface area contributed by atoms with Crippen molar-refractivity contribution in [2.75, 3.05) is 0 Å². The first-order chi connectivity index (χ1) is 18.5. The van der Waals surface area contributed by atoms with Crippen molar-refractivity contribution < 1.29 is 14.1 Å². The van der Waals surface area contributed by atoms with Crippen LogP contribution in [0, 0.1) is 12.8 Å². The SMILES string of the molecule is Cc1noc(-c2ccc(-c3ccc(C(C)OC(=O)C4CC4)cc3)cc2)c1Cn1nnc(-c2ccccc2)n1. The van der Waals surface area contributed by atoms with Crippen molar-refractivity contribution in [3.8, 4) is 33.8 Å². The average Bonchev–Trinajstić information content (AvgIpc) is 3.61. The molecule has 1 fully saturated rings. The molecule has 190 valence electrons. The van der Waals surface area contributed by atoms with Gasteiger partial charge in [-0.2, -0.15) is 4.80 Å². The second kappa shape index (κ2) is 10.0. The summed E-state index contributed by atoms with van der Waals surface area (Å²) in [6.07, 6.45) is 1.64.